The zero-order valence-electron chi connectivity index (χ0n) is 21.8. The minimum Gasteiger partial charge on any atom is -0.381 e. The average Bonchev–Trinajstić information content (AvgIpc) is 3.21. The van der Waals surface area contributed by atoms with Gasteiger partial charge in [-0.25, -0.2) is 0 Å². The Morgan fingerprint density at radius 2 is 1.81 bits per heavy atom. The number of thioether (sulfide) groups is 1. The number of carbonyl (C=O) groups is 3. The van der Waals surface area contributed by atoms with Crippen molar-refractivity contribution in [2.24, 2.45) is 5.73 Å². The fourth-order valence-corrected chi connectivity index (χ4v) is 5.63. The molecule has 2 aromatic rings. The quantitative estimate of drug-likeness (QED) is 0.356. The lowest BCUT2D eigenvalue weighted by molar-refractivity contribution is -0.147. The number of hydrogen-bond donors (Lipinski definition) is 4. The van der Waals surface area contributed by atoms with Crippen LogP contribution in [0.5, 0.6) is 0 Å². The lowest BCUT2D eigenvalue weighted by atomic mass is 9.97. The van der Waals surface area contributed by atoms with E-state index in [1.165, 1.54) is 16.7 Å². The van der Waals surface area contributed by atoms with E-state index in [0.29, 0.717) is 19.5 Å². The topological polar surface area (TPSA) is 125 Å². The highest BCUT2D eigenvalue weighted by Gasteiger charge is 2.49. The summed E-state index contributed by atoms with van der Waals surface area (Å²) in [6, 6.07) is 15.6. The summed E-state index contributed by atoms with van der Waals surface area (Å²) in [5.41, 5.74) is 8.48. The number of aryl methyl sites for hydroxylation is 1. The van der Waals surface area contributed by atoms with Crippen LogP contribution >= 0.6 is 11.8 Å². The summed E-state index contributed by atoms with van der Waals surface area (Å²) in [7, 11) is 0. The first kappa shape index (κ1) is 28.7. The van der Waals surface area contributed by atoms with Crippen molar-refractivity contribution in [3.05, 3.63) is 71.3 Å². The monoisotopic (exact) mass is 526 g/mol. The number of amides is 3. The Morgan fingerprint density at radius 1 is 1.14 bits per heavy atom. The summed E-state index contributed by atoms with van der Waals surface area (Å²) in [6.45, 7) is 6.55. The lowest BCUT2D eigenvalue weighted by Crippen LogP contribution is -2.58. The van der Waals surface area contributed by atoms with Crippen molar-refractivity contribution in [1.29, 1.82) is 0 Å². The van der Waals surface area contributed by atoms with Crippen LogP contribution in [0.2, 0.25) is 0 Å². The van der Waals surface area contributed by atoms with Crippen LogP contribution in [0, 0.1) is 6.92 Å². The first-order chi connectivity index (χ1) is 17.6. The van der Waals surface area contributed by atoms with Gasteiger partial charge in [0, 0.05) is 17.7 Å². The minimum atomic E-state index is -1.51. The number of carbonyl (C=O) groups excluding carboxylic acids is 3. The smallest absolute Gasteiger partial charge is 0.254 e. The van der Waals surface area contributed by atoms with E-state index in [0.717, 1.165) is 16.7 Å². The van der Waals surface area contributed by atoms with E-state index in [2.05, 4.69) is 10.6 Å². The van der Waals surface area contributed by atoms with Gasteiger partial charge in [-0.05, 0) is 56.8 Å². The second kappa shape index (κ2) is 13.1. The molecule has 1 fully saturated rings. The third-order valence-electron chi connectivity index (χ3n) is 6.68. The van der Waals surface area contributed by atoms with Gasteiger partial charge in [0.15, 0.2) is 6.10 Å². The number of benzene rings is 2. The molecule has 200 valence electrons. The first-order valence-corrected chi connectivity index (χ1v) is 13.6. The molecule has 5 N–H and O–H groups in total. The highest BCUT2D eigenvalue weighted by atomic mass is 32.2. The maximum atomic E-state index is 13.6. The molecule has 0 bridgehead atoms. The Bertz CT molecular complexity index is 1080. The zero-order chi connectivity index (χ0) is 27.0. The highest BCUT2D eigenvalue weighted by Crippen LogP contribution is 2.40. The molecule has 3 amide bonds. The van der Waals surface area contributed by atoms with Gasteiger partial charge in [-0.2, -0.15) is 0 Å². The number of rotatable bonds is 11. The van der Waals surface area contributed by atoms with Gasteiger partial charge in [-0.15, -0.1) is 11.8 Å². The number of aliphatic hydroxyl groups is 1. The number of hydrogen-bond acceptors (Lipinski definition) is 6. The van der Waals surface area contributed by atoms with Crippen LogP contribution < -0.4 is 16.4 Å². The molecule has 0 aromatic heterocycles. The predicted octanol–water partition coefficient (Wildman–Crippen LogP) is 2.12. The highest BCUT2D eigenvalue weighted by molar-refractivity contribution is 8.00. The molecular formula is C28H38N4O4S. The molecule has 0 saturated carbocycles. The van der Waals surface area contributed by atoms with Gasteiger partial charge in [-0.3, -0.25) is 14.4 Å². The van der Waals surface area contributed by atoms with Crippen molar-refractivity contribution < 1.29 is 19.5 Å². The number of nitrogens with two attached hydrogens (primary N) is 1. The van der Waals surface area contributed by atoms with Crippen molar-refractivity contribution in [3.8, 4) is 0 Å². The van der Waals surface area contributed by atoms with Crippen LogP contribution in [0.1, 0.15) is 43.4 Å². The Labute approximate surface area is 223 Å². The van der Waals surface area contributed by atoms with Gasteiger partial charge < -0.3 is 26.4 Å². The molecule has 0 aliphatic carbocycles. The van der Waals surface area contributed by atoms with Crippen LogP contribution in [0.15, 0.2) is 54.6 Å². The Morgan fingerprint density at radius 3 is 2.49 bits per heavy atom. The Kier molecular flexibility index (Phi) is 10.1. The van der Waals surface area contributed by atoms with E-state index in [1.54, 1.807) is 0 Å². The van der Waals surface area contributed by atoms with Gasteiger partial charge in [0.1, 0.15) is 6.04 Å². The largest absolute Gasteiger partial charge is 0.381 e. The van der Waals surface area contributed by atoms with E-state index in [4.69, 9.17) is 5.73 Å². The van der Waals surface area contributed by atoms with E-state index in [9.17, 15) is 19.5 Å². The maximum Gasteiger partial charge on any atom is 0.254 e. The van der Waals surface area contributed by atoms with Crippen LogP contribution in [0.4, 0.5) is 0 Å². The van der Waals surface area contributed by atoms with Crippen molar-refractivity contribution >= 4 is 29.5 Å². The molecule has 0 radical (unpaired) electrons. The van der Waals surface area contributed by atoms with Crippen LogP contribution in [-0.4, -0.2) is 63.1 Å². The lowest BCUT2D eigenvalue weighted by Gasteiger charge is -2.33. The summed E-state index contributed by atoms with van der Waals surface area (Å²) >= 11 is 1.49. The van der Waals surface area contributed by atoms with Crippen molar-refractivity contribution in [2.45, 2.75) is 69.5 Å². The molecule has 1 aliphatic rings. The number of nitrogens with zero attached hydrogens (tertiary/aromatic N) is 1. The van der Waals surface area contributed by atoms with Gasteiger partial charge in [0.25, 0.3) is 5.91 Å². The molecule has 0 spiro atoms. The summed E-state index contributed by atoms with van der Waals surface area (Å²) < 4.78 is -0.551. The number of nitrogens with one attached hydrogen (secondary N) is 2. The van der Waals surface area contributed by atoms with Crippen molar-refractivity contribution in [3.63, 3.8) is 0 Å². The molecule has 1 heterocycles. The fraction of sp³-hybridized carbons (Fsp3) is 0.464. The van der Waals surface area contributed by atoms with E-state index in [1.807, 2.05) is 75.4 Å². The second-order valence-corrected chi connectivity index (χ2v) is 11.5. The second-order valence-electron chi connectivity index (χ2n) is 9.93. The van der Waals surface area contributed by atoms with E-state index >= 15 is 0 Å². The average molecular weight is 527 g/mol. The molecular weight excluding hydrogens is 488 g/mol. The molecule has 2 aromatic carbocycles. The molecule has 8 nitrogen and oxygen atoms in total. The predicted molar refractivity (Wildman–Crippen MR) is 147 cm³/mol. The molecule has 37 heavy (non-hydrogen) atoms. The van der Waals surface area contributed by atoms with Crippen LogP contribution in [0.25, 0.3) is 0 Å². The van der Waals surface area contributed by atoms with E-state index in [-0.39, 0.29) is 30.5 Å². The van der Waals surface area contributed by atoms with Crippen molar-refractivity contribution in [1.82, 2.24) is 15.5 Å². The first-order valence-electron chi connectivity index (χ1n) is 12.6. The zero-order valence-corrected chi connectivity index (χ0v) is 22.6. The molecule has 3 atom stereocenters. The number of aliphatic hydroxyl groups excluding tert-OH is 1. The summed E-state index contributed by atoms with van der Waals surface area (Å²) in [5, 5.41) is 17.0. The standard InChI is InChI=1S/C28H38N4O4S/c1-19-10-7-8-13-21(19)17-30-26(35)25-28(2,3)37-18-32(25)27(36)24(34)22(31-23(33)14-9-15-29)16-20-11-5-4-6-12-20/h4-8,10-13,22,24-25,34H,9,14-18,29H2,1-3H3,(H,30,35)(H,31,33)/t22-,24-,25+/m0/s1. The Hall–Kier alpha value is -2.88. The van der Waals surface area contributed by atoms with Gasteiger partial charge in [-0.1, -0.05) is 54.6 Å². The molecule has 9 heteroatoms. The fourth-order valence-electron chi connectivity index (χ4n) is 4.49. The van der Waals surface area contributed by atoms with Crippen LogP contribution in [0.3, 0.4) is 0 Å². The molecule has 1 aliphatic heterocycles. The molecule has 3 rings (SSSR count). The minimum absolute atomic E-state index is 0.208. The summed E-state index contributed by atoms with van der Waals surface area (Å²) in [6.07, 6.45) is -0.521. The summed E-state index contributed by atoms with van der Waals surface area (Å²) in [5.74, 6) is -0.855. The van der Waals surface area contributed by atoms with Gasteiger partial charge in [0.2, 0.25) is 11.8 Å². The van der Waals surface area contributed by atoms with Gasteiger partial charge in [0.05, 0.1) is 11.9 Å². The Balaban J connectivity index is 1.77. The normalized spacial score (nSPS) is 18.2. The van der Waals surface area contributed by atoms with Crippen LogP contribution in [-0.2, 0) is 27.3 Å². The maximum absolute atomic E-state index is 13.6. The molecule has 0 unspecified atom stereocenters. The third kappa shape index (κ3) is 7.56. The molecule has 1 saturated heterocycles. The third-order valence-corrected chi connectivity index (χ3v) is 8.05. The SMILES string of the molecule is Cc1ccccc1CNC(=O)[C@H]1N(C(=O)[C@@H](O)[C@H](Cc2ccccc2)NC(=O)CCCN)CSC1(C)C. The van der Waals surface area contributed by atoms with Gasteiger partial charge >= 0.3 is 0 Å². The van der Waals surface area contributed by atoms with E-state index < -0.39 is 28.8 Å². The van der Waals surface area contributed by atoms with Crippen molar-refractivity contribution in [2.75, 3.05) is 12.4 Å². The summed E-state index contributed by atoms with van der Waals surface area (Å²) in [4.78, 5) is 40.9.